The van der Waals surface area contributed by atoms with E-state index in [1.54, 1.807) is 19.1 Å². The summed E-state index contributed by atoms with van der Waals surface area (Å²) in [6.07, 6.45) is 4.09. The zero-order chi connectivity index (χ0) is 18.5. The molecule has 1 aromatic carbocycles. The van der Waals surface area contributed by atoms with Crippen molar-refractivity contribution in [3.63, 3.8) is 0 Å². The molecule has 2 unspecified atom stereocenters. The monoisotopic (exact) mass is 357 g/mol. The van der Waals surface area contributed by atoms with Gasteiger partial charge in [0.15, 0.2) is 0 Å². The smallest absolute Gasteiger partial charge is 0.225 e. The molecular formula is C20H27N3O3. The lowest BCUT2D eigenvalue weighted by molar-refractivity contribution is -0.141. The first kappa shape index (κ1) is 18.5. The third-order valence-corrected chi connectivity index (χ3v) is 5.30. The molecule has 3 rings (SSSR count). The van der Waals surface area contributed by atoms with Gasteiger partial charge in [-0.25, -0.2) is 0 Å². The van der Waals surface area contributed by atoms with Crippen LogP contribution in [-0.4, -0.2) is 50.5 Å². The Morgan fingerprint density at radius 1 is 1.31 bits per heavy atom. The van der Waals surface area contributed by atoms with Crippen molar-refractivity contribution in [3.05, 3.63) is 41.5 Å². The fourth-order valence-corrected chi connectivity index (χ4v) is 3.73. The van der Waals surface area contributed by atoms with Gasteiger partial charge in [-0.3, -0.25) is 9.59 Å². The largest absolute Gasteiger partial charge is 0.497 e. The highest BCUT2D eigenvalue weighted by Crippen LogP contribution is 2.36. The van der Waals surface area contributed by atoms with E-state index >= 15 is 0 Å². The molecule has 2 aliphatic heterocycles. The third-order valence-electron chi connectivity index (χ3n) is 5.30. The first-order valence-electron chi connectivity index (χ1n) is 9.16. The van der Waals surface area contributed by atoms with Crippen molar-refractivity contribution in [2.75, 3.05) is 33.8 Å². The van der Waals surface area contributed by atoms with Gasteiger partial charge in [0, 0.05) is 26.6 Å². The Balaban J connectivity index is 1.74. The first-order chi connectivity index (χ1) is 12.6. The first-order valence-corrected chi connectivity index (χ1v) is 9.16. The molecule has 0 aliphatic carbocycles. The number of rotatable bonds is 5. The van der Waals surface area contributed by atoms with Crippen LogP contribution in [0.1, 0.15) is 30.9 Å². The van der Waals surface area contributed by atoms with E-state index in [0.717, 1.165) is 30.8 Å². The topological polar surface area (TPSA) is 70.7 Å². The van der Waals surface area contributed by atoms with E-state index < -0.39 is 0 Å². The Bertz CT molecular complexity index is 684. The third kappa shape index (κ3) is 4.07. The second kappa shape index (κ2) is 8.36. The number of ether oxygens (including phenoxy) is 1. The minimum Gasteiger partial charge on any atom is -0.497 e. The summed E-state index contributed by atoms with van der Waals surface area (Å²) in [7, 11) is 3.41. The molecular weight excluding hydrogens is 330 g/mol. The molecule has 0 radical (unpaired) electrons. The summed E-state index contributed by atoms with van der Waals surface area (Å²) < 4.78 is 5.21. The van der Waals surface area contributed by atoms with E-state index in [1.807, 2.05) is 24.3 Å². The van der Waals surface area contributed by atoms with E-state index in [9.17, 15) is 9.59 Å². The fraction of sp³-hybridized carbons (Fsp3) is 0.500. The molecule has 26 heavy (non-hydrogen) atoms. The number of methoxy groups -OCH3 is 1. The van der Waals surface area contributed by atoms with Gasteiger partial charge in [-0.15, -0.1) is 0 Å². The molecule has 1 fully saturated rings. The van der Waals surface area contributed by atoms with Crippen LogP contribution in [0.15, 0.2) is 35.9 Å². The van der Waals surface area contributed by atoms with Crippen molar-refractivity contribution in [1.82, 2.24) is 15.5 Å². The van der Waals surface area contributed by atoms with E-state index in [1.165, 1.54) is 5.57 Å². The molecule has 6 heteroatoms. The quantitative estimate of drug-likeness (QED) is 0.786. The maximum atomic E-state index is 12.9. The molecule has 2 N–H and O–H groups in total. The lowest BCUT2D eigenvalue weighted by atomic mass is 9.84. The molecule has 0 bridgehead atoms. The molecule has 2 aliphatic rings. The molecule has 1 aromatic rings. The zero-order valence-corrected chi connectivity index (χ0v) is 15.5. The number of hydrogen-bond donors (Lipinski definition) is 2. The molecule has 1 saturated heterocycles. The second-order valence-electron chi connectivity index (χ2n) is 6.90. The van der Waals surface area contributed by atoms with Gasteiger partial charge in [0.25, 0.3) is 0 Å². The van der Waals surface area contributed by atoms with E-state index in [-0.39, 0.29) is 23.8 Å². The molecule has 2 heterocycles. The molecule has 2 amide bonds. The van der Waals surface area contributed by atoms with Crippen LogP contribution in [0.5, 0.6) is 5.75 Å². The van der Waals surface area contributed by atoms with Gasteiger partial charge in [-0.2, -0.15) is 0 Å². The van der Waals surface area contributed by atoms with Gasteiger partial charge in [0.2, 0.25) is 11.8 Å². The summed E-state index contributed by atoms with van der Waals surface area (Å²) >= 11 is 0. The predicted molar refractivity (Wildman–Crippen MR) is 99.8 cm³/mol. The predicted octanol–water partition coefficient (Wildman–Crippen LogP) is 1.64. The van der Waals surface area contributed by atoms with Crippen LogP contribution < -0.4 is 15.4 Å². The van der Waals surface area contributed by atoms with Crippen LogP contribution in [0, 0.1) is 5.92 Å². The molecule has 2 atom stereocenters. The summed E-state index contributed by atoms with van der Waals surface area (Å²) in [6.45, 7) is 2.40. The Labute approximate surface area is 154 Å². The highest BCUT2D eigenvalue weighted by molar-refractivity contribution is 5.85. The number of nitrogens with one attached hydrogen (secondary N) is 2. The molecule has 0 saturated carbocycles. The number of nitrogens with zero attached hydrogens (tertiary/aromatic N) is 1. The average Bonchev–Trinajstić information content (AvgIpc) is 2.69. The maximum absolute atomic E-state index is 12.9. The van der Waals surface area contributed by atoms with Crippen LogP contribution in [0.3, 0.4) is 0 Å². The van der Waals surface area contributed by atoms with E-state index in [4.69, 9.17) is 4.74 Å². The summed E-state index contributed by atoms with van der Waals surface area (Å²) in [5.74, 6) is 0.617. The summed E-state index contributed by atoms with van der Waals surface area (Å²) in [6, 6.07) is 7.38. The number of hydrogen-bond acceptors (Lipinski definition) is 4. The molecule has 0 aromatic heterocycles. The number of amides is 2. The minimum absolute atomic E-state index is 0.0181. The second-order valence-corrected chi connectivity index (χ2v) is 6.90. The van der Waals surface area contributed by atoms with Crippen molar-refractivity contribution in [2.45, 2.75) is 25.3 Å². The van der Waals surface area contributed by atoms with Crippen molar-refractivity contribution >= 4 is 11.8 Å². The Morgan fingerprint density at radius 2 is 2.08 bits per heavy atom. The maximum Gasteiger partial charge on any atom is 0.225 e. The van der Waals surface area contributed by atoms with Crippen molar-refractivity contribution < 1.29 is 14.3 Å². The van der Waals surface area contributed by atoms with E-state index in [2.05, 4.69) is 16.7 Å². The number of carbonyl (C=O) groups excluding carboxylic acids is 2. The number of carbonyl (C=O) groups is 2. The highest BCUT2D eigenvalue weighted by Gasteiger charge is 2.38. The van der Waals surface area contributed by atoms with Gasteiger partial charge < -0.3 is 20.3 Å². The Kier molecular flexibility index (Phi) is 5.93. The number of likely N-dealkylation sites (tertiary alicyclic amines) is 1. The summed E-state index contributed by atoms with van der Waals surface area (Å²) in [4.78, 5) is 26.8. The fourth-order valence-electron chi connectivity index (χ4n) is 3.73. The van der Waals surface area contributed by atoms with Crippen LogP contribution >= 0.6 is 0 Å². The van der Waals surface area contributed by atoms with Gasteiger partial charge in [0.05, 0.1) is 19.1 Å². The highest BCUT2D eigenvalue weighted by atomic mass is 16.5. The lowest BCUT2D eigenvalue weighted by Gasteiger charge is -2.38. The SMILES string of the molecule is COc1ccc(C2C(C(=O)NCC3=CCNCC3)CCC(=O)N2C)cc1. The van der Waals surface area contributed by atoms with Crippen molar-refractivity contribution in [3.8, 4) is 5.75 Å². The van der Waals surface area contributed by atoms with Gasteiger partial charge in [-0.1, -0.05) is 23.8 Å². The van der Waals surface area contributed by atoms with Crippen LogP contribution in [0.25, 0.3) is 0 Å². The lowest BCUT2D eigenvalue weighted by Crippen LogP contribution is -2.46. The normalized spacial score (nSPS) is 23.4. The van der Waals surface area contributed by atoms with Gasteiger partial charge in [-0.05, 0) is 37.1 Å². The van der Waals surface area contributed by atoms with Crippen LogP contribution in [-0.2, 0) is 9.59 Å². The van der Waals surface area contributed by atoms with Gasteiger partial charge in [0.1, 0.15) is 5.75 Å². The zero-order valence-electron chi connectivity index (χ0n) is 15.5. The summed E-state index contributed by atoms with van der Waals surface area (Å²) in [5, 5.41) is 6.35. The minimum atomic E-state index is -0.246. The summed E-state index contributed by atoms with van der Waals surface area (Å²) in [5.41, 5.74) is 2.22. The molecule has 140 valence electrons. The van der Waals surface area contributed by atoms with Crippen molar-refractivity contribution in [1.29, 1.82) is 0 Å². The molecule has 0 spiro atoms. The standard InChI is InChI=1S/C20H27N3O3/c1-23-18(24)8-7-17(19(23)15-3-5-16(26-2)6-4-15)20(25)22-13-14-9-11-21-12-10-14/h3-6,9,17,19,21H,7-8,10-13H2,1-2H3,(H,22,25). The average molecular weight is 357 g/mol. The van der Waals surface area contributed by atoms with Crippen LogP contribution in [0.2, 0.25) is 0 Å². The van der Waals surface area contributed by atoms with Gasteiger partial charge >= 0.3 is 0 Å². The molecule has 6 nitrogen and oxygen atoms in total. The van der Waals surface area contributed by atoms with Crippen LogP contribution in [0.4, 0.5) is 0 Å². The Morgan fingerprint density at radius 3 is 2.73 bits per heavy atom. The van der Waals surface area contributed by atoms with Crippen molar-refractivity contribution in [2.24, 2.45) is 5.92 Å². The van der Waals surface area contributed by atoms with E-state index in [0.29, 0.717) is 19.4 Å². The Hall–Kier alpha value is -2.34. The number of benzene rings is 1. The number of piperidine rings is 1.